The van der Waals surface area contributed by atoms with Crippen LogP contribution >= 0.6 is 0 Å². The Hall–Kier alpha value is -3.49. The lowest BCUT2D eigenvalue weighted by Gasteiger charge is -2.17. The molecule has 0 radical (unpaired) electrons. The molecule has 2 rings (SSSR count). The lowest BCUT2D eigenvalue weighted by atomic mass is 10.0. The smallest absolute Gasteiger partial charge is 0.255 e. The van der Waals surface area contributed by atoms with Crippen LogP contribution in [0.3, 0.4) is 0 Å². The average Bonchev–Trinajstić information content (AvgIpc) is 2.81. The largest absolute Gasteiger partial charge is 0.494 e. The molecule has 0 heterocycles. The van der Waals surface area contributed by atoms with Crippen LogP contribution in [0.2, 0.25) is 0 Å². The lowest BCUT2D eigenvalue weighted by Crippen LogP contribution is -2.42. The first-order valence-electron chi connectivity index (χ1n) is 10.8. The zero-order valence-corrected chi connectivity index (χ0v) is 18.8. The van der Waals surface area contributed by atoms with E-state index in [2.05, 4.69) is 16.0 Å². The predicted molar refractivity (Wildman–Crippen MR) is 121 cm³/mol. The molecule has 33 heavy (non-hydrogen) atoms. The summed E-state index contributed by atoms with van der Waals surface area (Å²) in [5.74, 6) is -3.18. The van der Waals surface area contributed by atoms with Crippen LogP contribution < -0.4 is 20.7 Å². The maximum Gasteiger partial charge on any atom is 0.255 e. The summed E-state index contributed by atoms with van der Waals surface area (Å²) < 4.78 is 34.6. The summed E-state index contributed by atoms with van der Waals surface area (Å²) in [6.45, 7) is 2.01. The molecule has 0 aliphatic carbocycles. The van der Waals surface area contributed by atoms with Crippen LogP contribution in [0, 0.1) is 17.6 Å². The number of methoxy groups -OCH3 is 1. The SMILES string of the molecule is CCCCC[C@H](CNC=O)C(=O)NCNC(=O)c1cccc(-c2cccc(OC)c2F)c1F. The van der Waals surface area contributed by atoms with E-state index in [1.54, 1.807) is 0 Å². The molecular formula is C24H29F2N3O4. The topological polar surface area (TPSA) is 96.5 Å². The molecule has 0 bridgehead atoms. The minimum Gasteiger partial charge on any atom is -0.494 e. The first-order chi connectivity index (χ1) is 15.9. The molecule has 3 amide bonds. The van der Waals surface area contributed by atoms with Crippen LogP contribution in [0.5, 0.6) is 5.75 Å². The number of amides is 3. The van der Waals surface area contributed by atoms with Crippen molar-refractivity contribution in [3.05, 3.63) is 53.6 Å². The zero-order valence-electron chi connectivity index (χ0n) is 18.8. The van der Waals surface area contributed by atoms with Gasteiger partial charge >= 0.3 is 0 Å². The Labute approximate surface area is 191 Å². The molecule has 0 spiro atoms. The van der Waals surface area contributed by atoms with E-state index in [4.69, 9.17) is 4.74 Å². The summed E-state index contributed by atoms with van der Waals surface area (Å²) in [4.78, 5) is 35.5. The number of carbonyl (C=O) groups is 3. The predicted octanol–water partition coefficient (Wildman–Crippen LogP) is 3.39. The van der Waals surface area contributed by atoms with Gasteiger partial charge in [-0.3, -0.25) is 14.4 Å². The molecule has 1 atom stereocenters. The number of halogens is 2. The second-order valence-corrected chi connectivity index (χ2v) is 7.43. The average molecular weight is 462 g/mol. The molecule has 178 valence electrons. The first-order valence-corrected chi connectivity index (χ1v) is 10.8. The molecule has 0 unspecified atom stereocenters. The van der Waals surface area contributed by atoms with E-state index in [0.29, 0.717) is 12.8 Å². The standard InChI is InChI=1S/C24H29F2N3O4/c1-3-4-5-8-16(13-27-15-30)23(31)28-14-29-24(32)19-11-6-9-17(21(19)25)18-10-7-12-20(33-2)22(18)26/h6-7,9-12,15-16H,3-5,8,13-14H2,1-2H3,(H,27,30)(H,28,31)(H,29,32)/t16-/m1/s1. The molecule has 0 aliphatic heterocycles. The molecule has 3 N–H and O–H groups in total. The Morgan fingerprint density at radius 1 is 1.03 bits per heavy atom. The van der Waals surface area contributed by atoms with Gasteiger partial charge in [0.05, 0.1) is 25.3 Å². The molecule has 0 fully saturated rings. The van der Waals surface area contributed by atoms with Crippen molar-refractivity contribution in [2.75, 3.05) is 20.3 Å². The zero-order chi connectivity index (χ0) is 24.2. The van der Waals surface area contributed by atoms with Crippen LogP contribution in [0.4, 0.5) is 8.78 Å². The molecule has 0 saturated carbocycles. The van der Waals surface area contributed by atoms with E-state index in [1.165, 1.54) is 43.5 Å². The van der Waals surface area contributed by atoms with Crippen molar-refractivity contribution < 1.29 is 27.9 Å². The molecular weight excluding hydrogens is 432 g/mol. The van der Waals surface area contributed by atoms with Crippen molar-refractivity contribution in [3.8, 4) is 16.9 Å². The normalized spacial score (nSPS) is 11.4. The Kier molecular flexibility index (Phi) is 10.3. The van der Waals surface area contributed by atoms with Gasteiger partial charge in [0.2, 0.25) is 12.3 Å². The summed E-state index contributed by atoms with van der Waals surface area (Å²) >= 11 is 0. The molecule has 9 heteroatoms. The minimum atomic E-state index is -0.888. The maximum atomic E-state index is 15.1. The van der Waals surface area contributed by atoms with Crippen molar-refractivity contribution in [2.45, 2.75) is 32.6 Å². The second kappa shape index (κ2) is 13.1. The third-order valence-electron chi connectivity index (χ3n) is 5.20. The highest BCUT2D eigenvalue weighted by Gasteiger charge is 2.21. The highest BCUT2D eigenvalue weighted by Crippen LogP contribution is 2.31. The summed E-state index contributed by atoms with van der Waals surface area (Å²) in [7, 11) is 1.31. The van der Waals surface area contributed by atoms with Crippen molar-refractivity contribution >= 4 is 18.2 Å². The van der Waals surface area contributed by atoms with Crippen LogP contribution in [-0.2, 0) is 9.59 Å². The number of unbranched alkanes of at least 4 members (excludes halogenated alkanes) is 2. The van der Waals surface area contributed by atoms with E-state index in [9.17, 15) is 18.8 Å². The van der Waals surface area contributed by atoms with Crippen molar-refractivity contribution in [2.24, 2.45) is 5.92 Å². The molecule has 0 aliphatic rings. The van der Waals surface area contributed by atoms with Gasteiger partial charge in [0.1, 0.15) is 5.82 Å². The van der Waals surface area contributed by atoms with Gasteiger partial charge in [0.25, 0.3) is 5.91 Å². The van der Waals surface area contributed by atoms with Gasteiger partial charge < -0.3 is 20.7 Å². The van der Waals surface area contributed by atoms with Crippen LogP contribution in [0.15, 0.2) is 36.4 Å². The van der Waals surface area contributed by atoms with Gasteiger partial charge in [0, 0.05) is 17.7 Å². The first kappa shape index (κ1) is 25.8. The Bertz CT molecular complexity index is 969. The molecule has 2 aromatic rings. The third-order valence-corrected chi connectivity index (χ3v) is 5.20. The number of benzene rings is 2. The Morgan fingerprint density at radius 2 is 1.73 bits per heavy atom. The van der Waals surface area contributed by atoms with E-state index in [0.717, 1.165) is 19.3 Å². The van der Waals surface area contributed by atoms with Gasteiger partial charge in [-0.15, -0.1) is 0 Å². The Balaban J connectivity index is 2.05. The number of rotatable bonds is 13. The lowest BCUT2D eigenvalue weighted by molar-refractivity contribution is -0.125. The number of ether oxygens (including phenoxy) is 1. The highest BCUT2D eigenvalue weighted by atomic mass is 19.1. The van der Waals surface area contributed by atoms with E-state index < -0.39 is 23.5 Å². The summed E-state index contributed by atoms with van der Waals surface area (Å²) in [5, 5.41) is 7.53. The highest BCUT2D eigenvalue weighted by molar-refractivity contribution is 5.96. The van der Waals surface area contributed by atoms with Gasteiger partial charge in [0.15, 0.2) is 11.6 Å². The van der Waals surface area contributed by atoms with E-state index >= 15 is 4.39 Å². The number of hydrogen-bond donors (Lipinski definition) is 3. The van der Waals surface area contributed by atoms with Gasteiger partial charge in [-0.05, 0) is 18.6 Å². The maximum absolute atomic E-state index is 15.1. The summed E-state index contributed by atoms with van der Waals surface area (Å²) in [6, 6.07) is 8.41. The summed E-state index contributed by atoms with van der Waals surface area (Å²) in [6.07, 6.45) is 3.92. The number of carbonyl (C=O) groups excluding carboxylic acids is 3. The quantitative estimate of drug-likeness (QED) is 0.242. The van der Waals surface area contributed by atoms with Gasteiger partial charge in [-0.1, -0.05) is 50.5 Å². The van der Waals surface area contributed by atoms with Crippen molar-refractivity contribution in [3.63, 3.8) is 0 Å². The van der Waals surface area contributed by atoms with Crippen molar-refractivity contribution in [1.82, 2.24) is 16.0 Å². The van der Waals surface area contributed by atoms with Crippen LogP contribution in [0.25, 0.3) is 11.1 Å². The molecule has 7 nitrogen and oxygen atoms in total. The van der Waals surface area contributed by atoms with Gasteiger partial charge in [-0.25, -0.2) is 8.78 Å². The van der Waals surface area contributed by atoms with Crippen LogP contribution in [-0.4, -0.2) is 38.5 Å². The van der Waals surface area contributed by atoms with Gasteiger partial charge in [-0.2, -0.15) is 0 Å². The fraction of sp³-hybridized carbons (Fsp3) is 0.375. The third kappa shape index (κ3) is 7.00. The van der Waals surface area contributed by atoms with Crippen molar-refractivity contribution in [1.29, 1.82) is 0 Å². The number of hydrogen-bond acceptors (Lipinski definition) is 4. The molecule has 2 aromatic carbocycles. The van der Waals surface area contributed by atoms with E-state index in [1.807, 2.05) is 6.92 Å². The van der Waals surface area contributed by atoms with E-state index in [-0.39, 0.29) is 41.6 Å². The fourth-order valence-electron chi connectivity index (χ4n) is 3.40. The Morgan fingerprint density at radius 3 is 2.39 bits per heavy atom. The molecule has 0 saturated heterocycles. The second-order valence-electron chi connectivity index (χ2n) is 7.43. The summed E-state index contributed by atoms with van der Waals surface area (Å²) in [5.41, 5.74) is -0.405. The fourth-order valence-corrected chi connectivity index (χ4v) is 3.40. The monoisotopic (exact) mass is 461 g/mol. The van der Waals surface area contributed by atoms with Crippen LogP contribution in [0.1, 0.15) is 43.0 Å². The molecule has 0 aromatic heterocycles. The number of nitrogens with one attached hydrogen (secondary N) is 3. The minimum absolute atomic E-state index is 0.0348.